The zero-order valence-corrected chi connectivity index (χ0v) is 12.0. The van der Waals surface area contributed by atoms with Gasteiger partial charge in [0.15, 0.2) is 0 Å². The van der Waals surface area contributed by atoms with Crippen LogP contribution in [-0.2, 0) is 11.3 Å². The lowest BCUT2D eigenvalue weighted by molar-refractivity contribution is -0.384. The number of nitrogens with one attached hydrogen (secondary N) is 1. The molecule has 120 valence electrons. The van der Waals surface area contributed by atoms with Crippen LogP contribution >= 0.6 is 0 Å². The van der Waals surface area contributed by atoms with Crippen LogP contribution < -0.4 is 15.6 Å². The average molecular weight is 321 g/mol. The Morgan fingerprint density at radius 2 is 2.13 bits per heavy atom. The minimum Gasteiger partial charge on any atom is -0.496 e. The molecule has 23 heavy (non-hydrogen) atoms. The molecule has 8 nitrogen and oxygen atoms in total. The number of rotatable bonds is 5. The number of nitrogens with zero attached hydrogens (tertiary/aromatic N) is 2. The summed E-state index contributed by atoms with van der Waals surface area (Å²) < 4.78 is 18.8. The number of pyridine rings is 1. The highest BCUT2D eigenvalue weighted by molar-refractivity contribution is 5.93. The van der Waals surface area contributed by atoms with Crippen molar-refractivity contribution < 1.29 is 18.8 Å². The van der Waals surface area contributed by atoms with Crippen molar-refractivity contribution in [2.75, 3.05) is 12.4 Å². The van der Waals surface area contributed by atoms with Crippen molar-refractivity contribution in [3.8, 4) is 5.75 Å². The maximum Gasteiger partial charge on any atom is 0.296 e. The fourth-order valence-corrected chi connectivity index (χ4v) is 1.87. The molecule has 0 aliphatic heterocycles. The van der Waals surface area contributed by atoms with E-state index in [2.05, 4.69) is 5.32 Å². The Bertz CT molecular complexity index is 818. The second-order valence-electron chi connectivity index (χ2n) is 4.50. The summed E-state index contributed by atoms with van der Waals surface area (Å²) in [5, 5.41) is 13.3. The highest BCUT2D eigenvalue weighted by Crippen LogP contribution is 2.28. The third-order valence-corrected chi connectivity index (χ3v) is 2.94. The number of hydrogen-bond acceptors (Lipinski definition) is 5. The third-order valence-electron chi connectivity index (χ3n) is 2.94. The van der Waals surface area contributed by atoms with Crippen molar-refractivity contribution in [2.24, 2.45) is 0 Å². The first-order valence-electron chi connectivity index (χ1n) is 6.39. The number of carbonyl (C=O) groups excluding carboxylic acids is 1. The number of methoxy groups -OCH3 is 1. The van der Waals surface area contributed by atoms with Crippen LogP contribution in [0.25, 0.3) is 0 Å². The number of hydrogen-bond donors (Lipinski definition) is 1. The van der Waals surface area contributed by atoms with Gasteiger partial charge in [0.05, 0.1) is 18.1 Å². The highest BCUT2D eigenvalue weighted by Gasteiger charge is 2.17. The van der Waals surface area contributed by atoms with Gasteiger partial charge in [0, 0.05) is 12.3 Å². The number of anilines is 1. The molecule has 1 aromatic carbocycles. The minimum absolute atomic E-state index is 0.0507. The Balaban J connectivity index is 2.22. The molecule has 0 unspecified atom stereocenters. The summed E-state index contributed by atoms with van der Waals surface area (Å²) in [6.07, 6.45) is 0.879. The second-order valence-corrected chi connectivity index (χ2v) is 4.50. The summed E-state index contributed by atoms with van der Waals surface area (Å²) in [7, 11) is 1.35. The zero-order valence-electron chi connectivity index (χ0n) is 12.0. The van der Waals surface area contributed by atoms with Crippen molar-refractivity contribution in [2.45, 2.75) is 6.54 Å². The summed E-state index contributed by atoms with van der Waals surface area (Å²) in [5.41, 5.74) is -0.972. The van der Waals surface area contributed by atoms with Gasteiger partial charge in [0.25, 0.3) is 11.2 Å². The van der Waals surface area contributed by atoms with Gasteiger partial charge in [-0.15, -0.1) is 0 Å². The fourth-order valence-electron chi connectivity index (χ4n) is 1.87. The monoisotopic (exact) mass is 321 g/mol. The van der Waals surface area contributed by atoms with Crippen LogP contribution in [0.1, 0.15) is 0 Å². The lowest BCUT2D eigenvalue weighted by atomic mass is 10.2. The van der Waals surface area contributed by atoms with Crippen molar-refractivity contribution >= 4 is 17.3 Å². The topological polar surface area (TPSA) is 103 Å². The van der Waals surface area contributed by atoms with E-state index < -0.39 is 28.8 Å². The molecule has 0 saturated carbocycles. The van der Waals surface area contributed by atoms with E-state index >= 15 is 0 Å². The maximum atomic E-state index is 13.1. The molecule has 0 radical (unpaired) electrons. The molecule has 2 aromatic rings. The molecule has 0 fully saturated rings. The van der Waals surface area contributed by atoms with Gasteiger partial charge in [-0.3, -0.25) is 19.7 Å². The zero-order chi connectivity index (χ0) is 17.0. The van der Waals surface area contributed by atoms with E-state index in [1.165, 1.54) is 19.2 Å². The average Bonchev–Trinajstić information content (AvgIpc) is 2.51. The largest absolute Gasteiger partial charge is 0.496 e. The predicted molar refractivity (Wildman–Crippen MR) is 78.9 cm³/mol. The maximum absolute atomic E-state index is 13.1. The standard InChI is InChI=1S/C14H12FN3O5/c1-23-10-3-4-11(12(6-10)18(21)22)16-13(19)8-17-7-9(15)2-5-14(17)20/h2-7H,8H2,1H3,(H,16,19). The van der Waals surface area contributed by atoms with Crippen LogP contribution in [-0.4, -0.2) is 22.5 Å². The molecule has 1 amide bonds. The molecule has 0 aliphatic carbocycles. The van der Waals surface area contributed by atoms with Crippen LogP contribution in [0.4, 0.5) is 15.8 Å². The lowest BCUT2D eigenvalue weighted by Crippen LogP contribution is -2.27. The fraction of sp³-hybridized carbons (Fsp3) is 0.143. The molecular weight excluding hydrogens is 309 g/mol. The summed E-state index contributed by atoms with van der Waals surface area (Å²) >= 11 is 0. The van der Waals surface area contributed by atoms with Gasteiger partial charge in [-0.05, 0) is 18.2 Å². The van der Waals surface area contributed by atoms with E-state index in [0.717, 1.165) is 29.0 Å². The minimum atomic E-state index is -0.703. The van der Waals surface area contributed by atoms with Gasteiger partial charge in [-0.1, -0.05) is 0 Å². The van der Waals surface area contributed by atoms with Gasteiger partial charge in [-0.2, -0.15) is 0 Å². The van der Waals surface area contributed by atoms with Gasteiger partial charge in [0.2, 0.25) is 5.91 Å². The Morgan fingerprint density at radius 1 is 1.39 bits per heavy atom. The van der Waals surface area contributed by atoms with Gasteiger partial charge in [-0.25, -0.2) is 4.39 Å². The Kier molecular flexibility index (Phi) is 4.69. The summed E-state index contributed by atoms with van der Waals surface area (Å²) in [6.45, 7) is -0.472. The van der Waals surface area contributed by atoms with Crippen LogP contribution in [0.5, 0.6) is 5.75 Å². The van der Waals surface area contributed by atoms with Gasteiger partial charge >= 0.3 is 0 Å². The number of nitro groups is 1. The summed E-state index contributed by atoms with van der Waals surface area (Å²) in [6, 6.07) is 5.87. The number of ether oxygens (including phenoxy) is 1. The lowest BCUT2D eigenvalue weighted by Gasteiger charge is -2.09. The molecule has 2 rings (SSSR count). The number of halogens is 1. The Morgan fingerprint density at radius 3 is 2.78 bits per heavy atom. The smallest absolute Gasteiger partial charge is 0.296 e. The molecule has 1 N–H and O–H groups in total. The Hall–Kier alpha value is -3.23. The number of carbonyl (C=O) groups is 1. The molecule has 0 atom stereocenters. The predicted octanol–water partition coefficient (Wildman–Crippen LogP) is 1.54. The first kappa shape index (κ1) is 16.1. The molecule has 9 heteroatoms. The van der Waals surface area contributed by atoms with E-state index in [1.807, 2.05) is 0 Å². The number of aromatic nitrogens is 1. The molecular formula is C14H12FN3O5. The van der Waals surface area contributed by atoms with E-state index in [-0.39, 0.29) is 17.1 Å². The molecule has 0 saturated heterocycles. The highest BCUT2D eigenvalue weighted by atomic mass is 19.1. The second kappa shape index (κ2) is 6.69. The summed E-state index contributed by atoms with van der Waals surface area (Å²) in [5.74, 6) is -1.12. The SMILES string of the molecule is COc1ccc(NC(=O)Cn2cc(F)ccc2=O)c([N+](=O)[O-])c1. The van der Waals surface area contributed by atoms with E-state index in [1.54, 1.807) is 0 Å². The number of nitro benzene ring substituents is 1. The van der Waals surface area contributed by atoms with E-state index in [0.29, 0.717) is 0 Å². The van der Waals surface area contributed by atoms with Crippen molar-refractivity contribution in [3.05, 3.63) is 62.8 Å². The van der Waals surface area contributed by atoms with Crippen LogP contribution in [0.3, 0.4) is 0 Å². The molecule has 1 heterocycles. The van der Waals surface area contributed by atoms with Crippen LogP contribution in [0.2, 0.25) is 0 Å². The van der Waals surface area contributed by atoms with E-state index in [9.17, 15) is 24.1 Å². The van der Waals surface area contributed by atoms with Crippen molar-refractivity contribution in [1.29, 1.82) is 0 Å². The summed E-state index contributed by atoms with van der Waals surface area (Å²) in [4.78, 5) is 33.8. The molecule has 1 aromatic heterocycles. The first-order valence-corrected chi connectivity index (χ1v) is 6.39. The van der Waals surface area contributed by atoms with Gasteiger partial charge < -0.3 is 14.6 Å². The molecule has 0 spiro atoms. The quantitative estimate of drug-likeness (QED) is 0.664. The van der Waals surface area contributed by atoms with E-state index in [4.69, 9.17) is 4.74 Å². The number of benzene rings is 1. The third kappa shape index (κ3) is 3.90. The van der Waals surface area contributed by atoms with Crippen LogP contribution in [0.15, 0.2) is 41.3 Å². The normalized spacial score (nSPS) is 10.2. The molecule has 0 bridgehead atoms. The molecule has 0 aliphatic rings. The van der Waals surface area contributed by atoms with Crippen LogP contribution in [0, 0.1) is 15.9 Å². The van der Waals surface area contributed by atoms with Gasteiger partial charge in [0.1, 0.15) is 23.8 Å². The van der Waals surface area contributed by atoms with Crippen molar-refractivity contribution in [1.82, 2.24) is 4.57 Å². The van der Waals surface area contributed by atoms with Crippen molar-refractivity contribution in [3.63, 3.8) is 0 Å². The number of amides is 1. The first-order chi connectivity index (χ1) is 10.9. The Labute approximate surface area is 129 Å².